The highest BCUT2D eigenvalue weighted by Gasteiger charge is 2.20. The highest BCUT2D eigenvalue weighted by Crippen LogP contribution is 2.28. The average molecular weight is 336 g/mol. The van der Waals surface area contributed by atoms with E-state index in [1.165, 1.54) is 24.0 Å². The predicted octanol–water partition coefficient (Wildman–Crippen LogP) is 1.59. The fraction of sp³-hybridized carbons (Fsp3) is 0.462. The first-order valence-corrected chi connectivity index (χ1v) is 8.05. The topological polar surface area (TPSA) is 99.2 Å². The van der Waals surface area contributed by atoms with E-state index in [0.717, 1.165) is 30.7 Å². The molecular formula is C13H16N6O3S. The molecule has 23 heavy (non-hydrogen) atoms. The van der Waals surface area contributed by atoms with Crippen LogP contribution in [-0.2, 0) is 11.3 Å². The summed E-state index contributed by atoms with van der Waals surface area (Å²) in [5, 5.41) is 20.5. The Balaban J connectivity index is 1.79. The summed E-state index contributed by atoms with van der Waals surface area (Å²) in [5.41, 5.74) is -0.0275. The third kappa shape index (κ3) is 3.42. The number of morpholine rings is 1. The molecular weight excluding hydrogens is 320 g/mol. The van der Waals surface area contributed by atoms with Crippen LogP contribution in [0.1, 0.15) is 6.92 Å². The predicted molar refractivity (Wildman–Crippen MR) is 83.7 cm³/mol. The second-order valence-corrected chi connectivity index (χ2v) is 5.83. The number of rotatable bonds is 5. The number of hydrogen-bond acceptors (Lipinski definition) is 8. The van der Waals surface area contributed by atoms with Gasteiger partial charge in [0.05, 0.1) is 18.1 Å². The molecule has 122 valence electrons. The molecule has 2 aromatic rings. The lowest BCUT2D eigenvalue weighted by Crippen LogP contribution is -2.38. The summed E-state index contributed by atoms with van der Waals surface area (Å²) < 4.78 is 7.37. The van der Waals surface area contributed by atoms with Crippen molar-refractivity contribution in [3.8, 4) is 0 Å². The summed E-state index contributed by atoms with van der Waals surface area (Å²) in [5.74, 6) is 0.820. The van der Waals surface area contributed by atoms with Gasteiger partial charge in [0, 0.05) is 25.7 Å². The maximum absolute atomic E-state index is 10.7. The van der Waals surface area contributed by atoms with Gasteiger partial charge in [-0.3, -0.25) is 14.7 Å². The van der Waals surface area contributed by atoms with Gasteiger partial charge in [-0.2, -0.15) is 0 Å². The minimum atomic E-state index is -0.466. The first kappa shape index (κ1) is 15.7. The number of ether oxygens (including phenoxy) is 1. The van der Waals surface area contributed by atoms with Gasteiger partial charge < -0.3 is 9.64 Å². The van der Waals surface area contributed by atoms with Crippen molar-refractivity contribution >= 4 is 23.4 Å². The molecule has 3 rings (SSSR count). The van der Waals surface area contributed by atoms with Crippen molar-refractivity contribution in [2.45, 2.75) is 23.7 Å². The molecule has 0 atom stereocenters. The molecule has 1 saturated heterocycles. The van der Waals surface area contributed by atoms with Gasteiger partial charge >= 0.3 is 0 Å². The number of anilines is 1. The SMILES string of the molecule is CCn1c(Sc2ccc([N+](=O)[O-])cn2)nnc1N1CCOCC1. The van der Waals surface area contributed by atoms with E-state index in [9.17, 15) is 10.1 Å². The molecule has 3 heterocycles. The van der Waals surface area contributed by atoms with Crippen LogP contribution in [0.5, 0.6) is 0 Å². The zero-order chi connectivity index (χ0) is 16.2. The van der Waals surface area contributed by atoms with Crippen molar-refractivity contribution in [2.24, 2.45) is 0 Å². The summed E-state index contributed by atoms with van der Waals surface area (Å²) in [6, 6.07) is 3.05. The van der Waals surface area contributed by atoms with Crippen LogP contribution in [0.3, 0.4) is 0 Å². The molecule has 0 aromatic carbocycles. The molecule has 1 aliphatic rings. The molecule has 1 fully saturated rings. The molecule has 0 unspecified atom stereocenters. The number of pyridine rings is 1. The Labute approximate surface area is 136 Å². The van der Waals surface area contributed by atoms with Gasteiger partial charge in [-0.25, -0.2) is 4.98 Å². The molecule has 0 spiro atoms. The Kier molecular flexibility index (Phi) is 4.72. The summed E-state index contributed by atoms with van der Waals surface area (Å²) >= 11 is 1.34. The Morgan fingerprint density at radius 2 is 2.13 bits per heavy atom. The number of nitrogens with zero attached hydrogens (tertiary/aromatic N) is 6. The smallest absolute Gasteiger partial charge is 0.287 e. The molecule has 2 aromatic heterocycles. The van der Waals surface area contributed by atoms with E-state index < -0.39 is 4.92 Å². The van der Waals surface area contributed by atoms with Crippen LogP contribution in [0.25, 0.3) is 0 Å². The van der Waals surface area contributed by atoms with Gasteiger partial charge in [0.25, 0.3) is 5.69 Å². The van der Waals surface area contributed by atoms with Crippen molar-refractivity contribution in [1.29, 1.82) is 0 Å². The van der Waals surface area contributed by atoms with Gasteiger partial charge in [0.2, 0.25) is 5.95 Å². The Morgan fingerprint density at radius 1 is 1.35 bits per heavy atom. The van der Waals surface area contributed by atoms with E-state index >= 15 is 0 Å². The van der Waals surface area contributed by atoms with E-state index in [1.807, 2.05) is 11.5 Å². The van der Waals surface area contributed by atoms with Crippen LogP contribution >= 0.6 is 11.8 Å². The Hall–Kier alpha value is -2.20. The summed E-state index contributed by atoms with van der Waals surface area (Å²) in [6.07, 6.45) is 1.25. The number of aromatic nitrogens is 4. The van der Waals surface area contributed by atoms with Crippen molar-refractivity contribution in [3.63, 3.8) is 0 Å². The maximum Gasteiger partial charge on any atom is 0.287 e. The van der Waals surface area contributed by atoms with Gasteiger partial charge in [-0.15, -0.1) is 10.2 Å². The van der Waals surface area contributed by atoms with Crippen LogP contribution in [-0.4, -0.2) is 51.0 Å². The average Bonchev–Trinajstić information content (AvgIpc) is 2.98. The highest BCUT2D eigenvalue weighted by molar-refractivity contribution is 7.99. The highest BCUT2D eigenvalue weighted by atomic mass is 32.2. The zero-order valence-electron chi connectivity index (χ0n) is 12.6. The Bertz CT molecular complexity index is 684. The second kappa shape index (κ2) is 6.92. The first-order valence-electron chi connectivity index (χ1n) is 7.23. The molecule has 0 saturated carbocycles. The van der Waals surface area contributed by atoms with Crippen LogP contribution < -0.4 is 4.90 Å². The van der Waals surface area contributed by atoms with Crippen molar-refractivity contribution in [1.82, 2.24) is 19.7 Å². The van der Waals surface area contributed by atoms with E-state index in [0.29, 0.717) is 18.2 Å². The lowest BCUT2D eigenvalue weighted by molar-refractivity contribution is -0.385. The molecule has 9 nitrogen and oxygen atoms in total. The first-order chi connectivity index (χ1) is 11.2. The minimum absolute atomic E-state index is 0.0275. The van der Waals surface area contributed by atoms with Crippen LogP contribution in [0, 0.1) is 10.1 Å². The molecule has 0 N–H and O–H groups in total. The van der Waals surface area contributed by atoms with Gasteiger partial charge in [-0.1, -0.05) is 0 Å². The molecule has 1 aliphatic heterocycles. The quantitative estimate of drug-likeness (QED) is 0.599. The molecule has 0 bridgehead atoms. The van der Waals surface area contributed by atoms with Crippen LogP contribution in [0.4, 0.5) is 11.6 Å². The van der Waals surface area contributed by atoms with E-state index in [4.69, 9.17) is 4.74 Å². The summed E-state index contributed by atoms with van der Waals surface area (Å²) in [4.78, 5) is 16.4. The van der Waals surface area contributed by atoms with Crippen molar-refractivity contribution in [2.75, 3.05) is 31.2 Å². The van der Waals surface area contributed by atoms with E-state index in [-0.39, 0.29) is 5.69 Å². The van der Waals surface area contributed by atoms with Gasteiger partial charge in [0.1, 0.15) is 11.2 Å². The van der Waals surface area contributed by atoms with Gasteiger partial charge in [0.15, 0.2) is 5.16 Å². The maximum atomic E-state index is 10.7. The van der Waals surface area contributed by atoms with Crippen molar-refractivity contribution < 1.29 is 9.66 Å². The Morgan fingerprint density at radius 3 is 2.74 bits per heavy atom. The monoisotopic (exact) mass is 336 g/mol. The van der Waals surface area contributed by atoms with Gasteiger partial charge in [-0.05, 0) is 24.8 Å². The third-order valence-electron chi connectivity index (χ3n) is 3.43. The molecule has 0 amide bonds. The zero-order valence-corrected chi connectivity index (χ0v) is 13.4. The fourth-order valence-corrected chi connectivity index (χ4v) is 3.10. The largest absolute Gasteiger partial charge is 0.378 e. The summed E-state index contributed by atoms with van der Waals surface area (Å²) in [6.45, 7) is 5.71. The lowest BCUT2D eigenvalue weighted by atomic mass is 10.4. The standard InChI is InChI=1S/C13H16N6O3S/c1-2-18-12(17-5-7-22-8-6-17)15-16-13(18)23-11-4-3-10(9-14-11)19(20)21/h3-4,9H,2,5-8H2,1H3. The second-order valence-electron chi connectivity index (χ2n) is 4.84. The number of hydrogen-bond donors (Lipinski definition) is 0. The lowest BCUT2D eigenvalue weighted by Gasteiger charge is -2.27. The van der Waals surface area contributed by atoms with E-state index in [2.05, 4.69) is 20.1 Å². The molecule has 10 heteroatoms. The normalized spacial score (nSPS) is 14.9. The van der Waals surface area contributed by atoms with Crippen molar-refractivity contribution in [3.05, 3.63) is 28.4 Å². The number of nitro groups is 1. The van der Waals surface area contributed by atoms with Crippen LogP contribution in [0.15, 0.2) is 28.5 Å². The van der Waals surface area contributed by atoms with E-state index in [1.54, 1.807) is 6.07 Å². The van der Waals surface area contributed by atoms with Crippen LogP contribution in [0.2, 0.25) is 0 Å². The fourth-order valence-electron chi connectivity index (χ4n) is 2.26. The molecule has 0 aliphatic carbocycles. The minimum Gasteiger partial charge on any atom is -0.378 e. The summed E-state index contributed by atoms with van der Waals surface area (Å²) in [7, 11) is 0. The molecule has 0 radical (unpaired) electrons. The third-order valence-corrected chi connectivity index (χ3v) is 4.37.